The second kappa shape index (κ2) is 4.92. The summed E-state index contributed by atoms with van der Waals surface area (Å²) in [5.41, 5.74) is 5.12. The van der Waals surface area contributed by atoms with Crippen LogP contribution in [0.4, 0.5) is 15.8 Å². The molecule has 19 heavy (non-hydrogen) atoms. The van der Waals surface area contributed by atoms with E-state index < -0.39 is 11.8 Å². The molecule has 4 N–H and O–H groups in total. The van der Waals surface area contributed by atoms with Gasteiger partial charge in [0.25, 0.3) is 0 Å². The van der Waals surface area contributed by atoms with E-state index in [1.165, 1.54) is 0 Å². The molecule has 0 amide bonds. The highest BCUT2D eigenvalue weighted by Crippen LogP contribution is 2.22. The number of nitrogens with one attached hydrogen (secondary N) is 1. The molecule has 8 heteroatoms. The Kier molecular flexibility index (Phi) is 3.32. The van der Waals surface area contributed by atoms with E-state index in [4.69, 9.17) is 15.4 Å². The van der Waals surface area contributed by atoms with Gasteiger partial charge in [-0.15, -0.1) is 0 Å². The number of carboxylic acids is 1. The van der Waals surface area contributed by atoms with E-state index in [0.29, 0.717) is 11.7 Å². The van der Waals surface area contributed by atoms with Crippen molar-refractivity contribution in [3.05, 3.63) is 35.2 Å². The Labute approximate surface area is 107 Å². The Morgan fingerprint density at radius 3 is 2.89 bits per heavy atom. The molecule has 0 unspecified atom stereocenters. The van der Waals surface area contributed by atoms with Crippen molar-refractivity contribution in [3.8, 4) is 0 Å². The maximum atomic E-state index is 13.6. The summed E-state index contributed by atoms with van der Waals surface area (Å²) in [5.74, 6) is -1.15. The molecule has 0 saturated heterocycles. The second-order valence-electron chi connectivity index (χ2n) is 3.81. The number of halogens is 1. The van der Waals surface area contributed by atoms with Crippen molar-refractivity contribution < 1.29 is 18.8 Å². The first-order valence-corrected chi connectivity index (χ1v) is 5.32. The smallest absolute Gasteiger partial charge is 0.337 e. The minimum atomic E-state index is -1.23. The number of benzene rings is 1. The topological polar surface area (TPSA) is 114 Å². The highest BCUT2D eigenvalue weighted by atomic mass is 19.1. The lowest BCUT2D eigenvalue weighted by atomic mass is 10.1. The number of nitrogens with zero attached hydrogens (tertiary/aromatic N) is 2. The third-order valence-electron chi connectivity index (χ3n) is 2.38. The number of carbonyl (C=O) groups is 1. The molecule has 2 aromatic rings. The lowest BCUT2D eigenvalue weighted by molar-refractivity contribution is 0.0698. The molecule has 1 heterocycles. The van der Waals surface area contributed by atoms with Gasteiger partial charge in [-0.3, -0.25) is 0 Å². The van der Waals surface area contributed by atoms with Crippen molar-refractivity contribution in [1.82, 2.24) is 10.1 Å². The fourth-order valence-corrected chi connectivity index (χ4v) is 1.50. The molecule has 0 radical (unpaired) electrons. The maximum absolute atomic E-state index is 13.6. The lowest BCUT2D eigenvalue weighted by Crippen LogP contribution is -2.08. The van der Waals surface area contributed by atoms with Crippen LogP contribution in [0.15, 0.2) is 16.7 Å². The number of nitrogen functional groups attached to an aromatic ring is 1. The Bertz CT molecular complexity index is 626. The van der Waals surface area contributed by atoms with E-state index in [0.717, 1.165) is 12.1 Å². The summed E-state index contributed by atoms with van der Waals surface area (Å²) < 4.78 is 18.4. The molecular formula is C11H11FN4O3. The molecular weight excluding hydrogens is 255 g/mol. The summed E-state index contributed by atoms with van der Waals surface area (Å²) in [4.78, 5) is 14.8. The van der Waals surface area contributed by atoms with Crippen LogP contribution in [-0.4, -0.2) is 21.2 Å². The normalized spacial score (nSPS) is 10.4. The molecule has 0 aliphatic heterocycles. The molecule has 0 atom stereocenters. The molecule has 0 fully saturated rings. The number of rotatable bonds is 4. The van der Waals surface area contributed by atoms with E-state index in [1.807, 2.05) is 0 Å². The Balaban J connectivity index is 2.20. The summed E-state index contributed by atoms with van der Waals surface area (Å²) in [6.07, 6.45) is 0. The third kappa shape index (κ3) is 2.79. The first-order valence-electron chi connectivity index (χ1n) is 5.32. The molecule has 1 aromatic carbocycles. The third-order valence-corrected chi connectivity index (χ3v) is 2.38. The molecule has 0 saturated carbocycles. The number of hydrogen-bond donors (Lipinski definition) is 3. The van der Waals surface area contributed by atoms with Gasteiger partial charge in [-0.2, -0.15) is 4.98 Å². The molecule has 0 bridgehead atoms. The zero-order valence-electron chi connectivity index (χ0n) is 9.98. The SMILES string of the molecule is Cc1nc(CNc2cc(C(=O)O)c(N)cc2F)no1. The van der Waals surface area contributed by atoms with Crippen LogP contribution < -0.4 is 11.1 Å². The zero-order chi connectivity index (χ0) is 14.0. The van der Waals surface area contributed by atoms with E-state index in [1.54, 1.807) is 6.92 Å². The van der Waals surface area contributed by atoms with Crippen LogP contribution >= 0.6 is 0 Å². The van der Waals surface area contributed by atoms with Crippen LogP contribution in [0.1, 0.15) is 22.1 Å². The number of anilines is 2. The predicted molar refractivity (Wildman–Crippen MR) is 64.1 cm³/mol. The average molecular weight is 266 g/mol. The van der Waals surface area contributed by atoms with Crippen LogP contribution in [0.3, 0.4) is 0 Å². The van der Waals surface area contributed by atoms with Crippen molar-refractivity contribution in [2.45, 2.75) is 13.5 Å². The van der Waals surface area contributed by atoms with Gasteiger partial charge in [0.05, 0.1) is 17.8 Å². The molecule has 100 valence electrons. The quantitative estimate of drug-likeness (QED) is 0.716. The minimum Gasteiger partial charge on any atom is -0.478 e. The summed E-state index contributed by atoms with van der Waals surface area (Å²) in [6, 6.07) is 2.08. The maximum Gasteiger partial charge on any atom is 0.337 e. The van der Waals surface area contributed by atoms with E-state index >= 15 is 0 Å². The summed E-state index contributed by atoms with van der Waals surface area (Å²) >= 11 is 0. The van der Waals surface area contributed by atoms with Crippen molar-refractivity contribution in [2.24, 2.45) is 0 Å². The highest BCUT2D eigenvalue weighted by Gasteiger charge is 2.13. The van der Waals surface area contributed by atoms with E-state index in [9.17, 15) is 9.18 Å². The lowest BCUT2D eigenvalue weighted by Gasteiger charge is -2.08. The number of hydrogen-bond acceptors (Lipinski definition) is 6. The van der Waals surface area contributed by atoms with E-state index in [-0.39, 0.29) is 23.5 Å². The van der Waals surface area contributed by atoms with Gasteiger partial charge < -0.3 is 20.7 Å². The Morgan fingerprint density at radius 1 is 1.58 bits per heavy atom. The van der Waals surface area contributed by atoms with Crippen molar-refractivity contribution in [3.63, 3.8) is 0 Å². The van der Waals surface area contributed by atoms with Gasteiger partial charge in [0.2, 0.25) is 5.89 Å². The molecule has 1 aromatic heterocycles. The first-order chi connectivity index (χ1) is 8.97. The molecule has 7 nitrogen and oxygen atoms in total. The molecule has 0 aliphatic carbocycles. The van der Waals surface area contributed by atoms with Crippen LogP contribution in [0.25, 0.3) is 0 Å². The van der Waals surface area contributed by atoms with Crippen LogP contribution in [-0.2, 0) is 6.54 Å². The largest absolute Gasteiger partial charge is 0.478 e. The van der Waals surface area contributed by atoms with Gasteiger partial charge in [-0.05, 0) is 12.1 Å². The number of nitrogens with two attached hydrogens (primary N) is 1. The van der Waals surface area contributed by atoms with Crippen molar-refractivity contribution >= 4 is 17.3 Å². The number of aryl methyl sites for hydroxylation is 1. The fourth-order valence-electron chi connectivity index (χ4n) is 1.50. The minimum absolute atomic E-state index is 0.00838. The first kappa shape index (κ1) is 12.8. The van der Waals surface area contributed by atoms with Crippen LogP contribution in [0, 0.1) is 12.7 Å². The average Bonchev–Trinajstić information content (AvgIpc) is 2.73. The van der Waals surface area contributed by atoms with Gasteiger partial charge in [0.1, 0.15) is 5.82 Å². The van der Waals surface area contributed by atoms with Gasteiger partial charge in [0, 0.05) is 12.6 Å². The van der Waals surface area contributed by atoms with Gasteiger partial charge in [-0.1, -0.05) is 5.16 Å². The van der Waals surface area contributed by atoms with Gasteiger partial charge in [-0.25, -0.2) is 9.18 Å². The monoisotopic (exact) mass is 266 g/mol. The van der Waals surface area contributed by atoms with Gasteiger partial charge in [0.15, 0.2) is 5.82 Å². The zero-order valence-corrected chi connectivity index (χ0v) is 9.98. The van der Waals surface area contributed by atoms with Gasteiger partial charge >= 0.3 is 5.97 Å². The standard InChI is InChI=1S/C11H11FN4O3/c1-5-15-10(16-19-5)4-14-9-2-6(11(17)18)8(13)3-7(9)12/h2-3,14H,4,13H2,1H3,(H,17,18). The molecule has 0 spiro atoms. The number of aromatic nitrogens is 2. The molecule has 2 rings (SSSR count). The summed E-state index contributed by atoms with van der Waals surface area (Å²) in [7, 11) is 0. The fraction of sp³-hybridized carbons (Fsp3) is 0.182. The highest BCUT2D eigenvalue weighted by molar-refractivity contribution is 5.94. The van der Waals surface area contributed by atoms with Crippen LogP contribution in [0.2, 0.25) is 0 Å². The predicted octanol–water partition coefficient (Wildman–Crippen LogP) is 1.41. The van der Waals surface area contributed by atoms with Crippen molar-refractivity contribution in [2.75, 3.05) is 11.1 Å². The summed E-state index contributed by atoms with van der Waals surface area (Å²) in [6.45, 7) is 1.74. The summed E-state index contributed by atoms with van der Waals surface area (Å²) in [5, 5.41) is 15.2. The van der Waals surface area contributed by atoms with Crippen LogP contribution in [0.5, 0.6) is 0 Å². The number of carboxylic acid groups (broad SMARTS) is 1. The van der Waals surface area contributed by atoms with Crippen molar-refractivity contribution in [1.29, 1.82) is 0 Å². The Hall–Kier alpha value is -2.64. The van der Waals surface area contributed by atoms with E-state index in [2.05, 4.69) is 15.5 Å². The Morgan fingerprint density at radius 2 is 2.32 bits per heavy atom. The molecule has 0 aliphatic rings. The number of aromatic carboxylic acids is 1. The second-order valence-corrected chi connectivity index (χ2v) is 3.81.